The maximum atomic E-state index is 5.81. The van der Waals surface area contributed by atoms with E-state index in [0.717, 1.165) is 31.0 Å². The molecule has 0 bridgehead atoms. The van der Waals surface area contributed by atoms with E-state index in [2.05, 4.69) is 22.4 Å². The van der Waals surface area contributed by atoms with Gasteiger partial charge < -0.3 is 10.1 Å². The molecule has 3 heteroatoms. The third kappa shape index (κ3) is 3.45. The average molecular weight is 246 g/mol. The lowest BCUT2D eigenvalue weighted by Crippen LogP contribution is -2.15. The molecule has 0 aliphatic heterocycles. The lowest BCUT2D eigenvalue weighted by atomic mass is 10.1. The summed E-state index contributed by atoms with van der Waals surface area (Å²) in [6.07, 6.45) is 9.89. The summed E-state index contributed by atoms with van der Waals surface area (Å²) in [5.74, 6) is 1.54. The molecule has 2 aliphatic rings. The van der Waals surface area contributed by atoms with Gasteiger partial charge in [0.25, 0.3) is 0 Å². The zero-order valence-corrected chi connectivity index (χ0v) is 10.9. The summed E-state index contributed by atoms with van der Waals surface area (Å²) in [5.41, 5.74) is 1.28. The first-order valence-electron chi connectivity index (χ1n) is 7.21. The Hall–Kier alpha value is -1.09. The number of hydrogen-bond acceptors (Lipinski definition) is 3. The van der Waals surface area contributed by atoms with Gasteiger partial charge in [0.2, 0.25) is 5.88 Å². The molecular weight excluding hydrogens is 224 g/mol. The van der Waals surface area contributed by atoms with E-state index in [1.807, 2.05) is 6.20 Å². The van der Waals surface area contributed by atoms with Crippen LogP contribution in [0.1, 0.15) is 44.1 Å². The van der Waals surface area contributed by atoms with E-state index in [-0.39, 0.29) is 0 Å². The van der Waals surface area contributed by atoms with Crippen molar-refractivity contribution < 1.29 is 4.74 Å². The highest BCUT2D eigenvalue weighted by molar-refractivity contribution is 5.20. The first kappa shape index (κ1) is 12.0. The van der Waals surface area contributed by atoms with Crippen molar-refractivity contribution >= 4 is 0 Å². The fraction of sp³-hybridized carbons (Fsp3) is 0.667. The van der Waals surface area contributed by atoms with Gasteiger partial charge in [0.15, 0.2) is 0 Å². The first-order chi connectivity index (χ1) is 8.90. The van der Waals surface area contributed by atoms with Crippen molar-refractivity contribution in [3.8, 4) is 5.88 Å². The Morgan fingerprint density at radius 3 is 2.83 bits per heavy atom. The van der Waals surface area contributed by atoms with Gasteiger partial charge in [0.05, 0.1) is 6.61 Å². The summed E-state index contributed by atoms with van der Waals surface area (Å²) in [7, 11) is 0. The molecule has 0 aromatic carbocycles. The topological polar surface area (TPSA) is 34.1 Å². The largest absolute Gasteiger partial charge is 0.477 e. The van der Waals surface area contributed by atoms with Gasteiger partial charge in [-0.25, -0.2) is 4.98 Å². The molecule has 0 unspecified atom stereocenters. The summed E-state index contributed by atoms with van der Waals surface area (Å²) >= 11 is 0. The minimum Gasteiger partial charge on any atom is -0.477 e. The molecule has 1 heterocycles. The van der Waals surface area contributed by atoms with Crippen LogP contribution in [-0.2, 0) is 6.54 Å². The molecule has 0 atom stereocenters. The maximum Gasteiger partial charge on any atom is 0.213 e. The Morgan fingerprint density at radius 1 is 1.22 bits per heavy atom. The number of hydrogen-bond donors (Lipinski definition) is 1. The number of aromatic nitrogens is 1. The van der Waals surface area contributed by atoms with Crippen LogP contribution in [-0.4, -0.2) is 17.6 Å². The van der Waals surface area contributed by atoms with Gasteiger partial charge in [-0.3, -0.25) is 0 Å². The van der Waals surface area contributed by atoms with Crippen LogP contribution in [0.2, 0.25) is 0 Å². The molecule has 3 nitrogen and oxygen atoms in total. The Bertz CT molecular complexity index is 384. The van der Waals surface area contributed by atoms with Crippen molar-refractivity contribution in [2.24, 2.45) is 5.92 Å². The van der Waals surface area contributed by atoms with Crippen LogP contribution in [0.3, 0.4) is 0 Å². The molecule has 2 aliphatic carbocycles. The monoisotopic (exact) mass is 246 g/mol. The van der Waals surface area contributed by atoms with E-state index < -0.39 is 0 Å². The summed E-state index contributed by atoms with van der Waals surface area (Å²) in [6, 6.07) is 4.89. The molecular formula is C15H22N2O. The molecule has 0 radical (unpaired) electrons. The Morgan fingerprint density at radius 2 is 2.06 bits per heavy atom. The molecule has 3 rings (SSSR count). The maximum absolute atomic E-state index is 5.81. The van der Waals surface area contributed by atoms with Gasteiger partial charge in [-0.05, 0) is 43.2 Å². The van der Waals surface area contributed by atoms with E-state index in [0.29, 0.717) is 0 Å². The Balaban J connectivity index is 1.49. The lowest BCUT2D eigenvalue weighted by Gasteiger charge is -2.11. The number of nitrogens with one attached hydrogen (secondary N) is 1. The van der Waals surface area contributed by atoms with Crippen LogP contribution in [0.15, 0.2) is 18.3 Å². The van der Waals surface area contributed by atoms with Gasteiger partial charge in [0.1, 0.15) is 0 Å². The summed E-state index contributed by atoms with van der Waals surface area (Å²) in [6.45, 7) is 1.78. The Kier molecular flexibility index (Phi) is 3.79. The molecule has 2 fully saturated rings. The van der Waals surface area contributed by atoms with Crippen molar-refractivity contribution in [2.75, 3.05) is 6.61 Å². The molecule has 2 saturated carbocycles. The van der Waals surface area contributed by atoms with Crippen molar-refractivity contribution in [3.05, 3.63) is 23.9 Å². The lowest BCUT2D eigenvalue weighted by molar-refractivity contribution is 0.243. The third-order valence-electron chi connectivity index (χ3n) is 3.91. The highest BCUT2D eigenvalue weighted by atomic mass is 16.5. The van der Waals surface area contributed by atoms with E-state index >= 15 is 0 Å². The van der Waals surface area contributed by atoms with E-state index in [9.17, 15) is 0 Å². The standard InChI is InChI=1S/C15H22N2O/c1-2-4-12(3-1)11-18-15-9-13(7-8-16-15)10-17-14-5-6-14/h7-9,12,14,17H,1-6,10-11H2. The second-order valence-electron chi connectivity index (χ2n) is 5.62. The SMILES string of the molecule is c1cc(CNC2CC2)cc(OCC2CCCC2)n1. The zero-order valence-electron chi connectivity index (χ0n) is 10.9. The highest BCUT2D eigenvalue weighted by Crippen LogP contribution is 2.25. The normalized spacial score (nSPS) is 20.2. The molecule has 0 spiro atoms. The second kappa shape index (κ2) is 5.70. The second-order valence-corrected chi connectivity index (χ2v) is 5.62. The van der Waals surface area contributed by atoms with Crippen LogP contribution < -0.4 is 10.1 Å². The van der Waals surface area contributed by atoms with Crippen molar-refractivity contribution in [3.63, 3.8) is 0 Å². The van der Waals surface area contributed by atoms with Crippen molar-refractivity contribution in [1.29, 1.82) is 0 Å². The number of pyridine rings is 1. The van der Waals surface area contributed by atoms with E-state index in [1.165, 1.54) is 44.1 Å². The smallest absolute Gasteiger partial charge is 0.213 e. The summed E-state index contributed by atoms with van der Waals surface area (Å²) in [5, 5.41) is 3.51. The molecule has 1 aromatic heterocycles. The van der Waals surface area contributed by atoms with Gasteiger partial charge in [-0.15, -0.1) is 0 Å². The van der Waals surface area contributed by atoms with Gasteiger partial charge in [0, 0.05) is 24.8 Å². The van der Waals surface area contributed by atoms with Crippen LogP contribution in [0.25, 0.3) is 0 Å². The number of rotatable bonds is 6. The molecule has 1 aromatic rings. The van der Waals surface area contributed by atoms with Crippen LogP contribution in [0.4, 0.5) is 0 Å². The minimum absolute atomic E-state index is 0.750. The zero-order chi connectivity index (χ0) is 12.2. The minimum atomic E-state index is 0.750. The van der Waals surface area contributed by atoms with Crippen LogP contribution >= 0.6 is 0 Å². The molecule has 1 N–H and O–H groups in total. The van der Waals surface area contributed by atoms with Crippen molar-refractivity contribution in [2.45, 2.75) is 51.1 Å². The van der Waals surface area contributed by atoms with E-state index in [4.69, 9.17) is 4.74 Å². The average Bonchev–Trinajstić information content (AvgIpc) is 3.09. The number of nitrogens with zero attached hydrogens (tertiary/aromatic N) is 1. The fourth-order valence-corrected chi connectivity index (χ4v) is 2.57. The van der Waals surface area contributed by atoms with Gasteiger partial charge in [-0.1, -0.05) is 12.8 Å². The first-order valence-corrected chi connectivity index (χ1v) is 7.21. The highest BCUT2D eigenvalue weighted by Gasteiger charge is 2.20. The number of ether oxygens (including phenoxy) is 1. The molecule has 98 valence electrons. The van der Waals surface area contributed by atoms with Gasteiger partial charge >= 0.3 is 0 Å². The van der Waals surface area contributed by atoms with Crippen molar-refractivity contribution in [1.82, 2.24) is 10.3 Å². The fourth-order valence-electron chi connectivity index (χ4n) is 2.57. The van der Waals surface area contributed by atoms with Gasteiger partial charge in [-0.2, -0.15) is 0 Å². The Labute approximate surface area is 109 Å². The summed E-state index contributed by atoms with van der Waals surface area (Å²) < 4.78 is 5.81. The quantitative estimate of drug-likeness (QED) is 0.838. The predicted molar refractivity (Wildman–Crippen MR) is 71.6 cm³/mol. The van der Waals surface area contributed by atoms with E-state index in [1.54, 1.807) is 0 Å². The third-order valence-corrected chi connectivity index (χ3v) is 3.91. The molecule has 0 saturated heterocycles. The van der Waals surface area contributed by atoms with Crippen LogP contribution in [0.5, 0.6) is 5.88 Å². The molecule has 0 amide bonds. The molecule has 18 heavy (non-hydrogen) atoms. The predicted octanol–water partition coefficient (Wildman–Crippen LogP) is 2.90. The van der Waals surface area contributed by atoms with Crippen LogP contribution in [0, 0.1) is 5.92 Å². The summed E-state index contributed by atoms with van der Waals surface area (Å²) in [4.78, 5) is 4.29.